The molecule has 7 heteroatoms. The molecule has 35 heavy (non-hydrogen) atoms. The number of hydrogen-bond donors (Lipinski definition) is 3. The van der Waals surface area contributed by atoms with Gasteiger partial charge in [0.25, 0.3) is 0 Å². The third kappa shape index (κ3) is 4.79. The summed E-state index contributed by atoms with van der Waals surface area (Å²) >= 11 is 6.62. The molecule has 0 amide bonds. The van der Waals surface area contributed by atoms with Crippen molar-refractivity contribution in [2.45, 2.75) is 37.5 Å². The molecule has 2 aromatic heterocycles. The Hall–Kier alpha value is -2.93. The Kier molecular flexibility index (Phi) is 6.42. The maximum absolute atomic E-state index is 6.62. The van der Waals surface area contributed by atoms with E-state index in [4.69, 9.17) is 16.0 Å². The zero-order valence-electron chi connectivity index (χ0n) is 19.7. The summed E-state index contributed by atoms with van der Waals surface area (Å²) in [6.45, 7) is 4.17. The molecule has 0 saturated carbocycles. The minimum Gasteiger partial charge on any atom is -0.440 e. The zero-order valence-corrected chi connectivity index (χ0v) is 20.4. The van der Waals surface area contributed by atoms with Crippen molar-refractivity contribution in [3.63, 3.8) is 0 Å². The van der Waals surface area contributed by atoms with Gasteiger partial charge in [0.15, 0.2) is 11.7 Å². The molecule has 6 rings (SSSR count). The van der Waals surface area contributed by atoms with Gasteiger partial charge in [0, 0.05) is 39.2 Å². The van der Waals surface area contributed by atoms with Crippen LogP contribution in [-0.2, 0) is 0 Å². The number of piperidine rings is 2. The number of hydrogen-bond acceptors (Lipinski definition) is 5. The summed E-state index contributed by atoms with van der Waals surface area (Å²) in [5, 5.41) is 15.4. The highest BCUT2D eigenvalue weighted by atomic mass is 35.5. The lowest BCUT2D eigenvalue weighted by Gasteiger charge is -2.20. The van der Waals surface area contributed by atoms with Crippen LogP contribution in [0.2, 0.25) is 5.02 Å². The summed E-state index contributed by atoms with van der Waals surface area (Å²) in [6.07, 6.45) is 6.28. The normalized spacial score (nSPS) is 17.6. The van der Waals surface area contributed by atoms with Crippen molar-refractivity contribution in [3.05, 3.63) is 71.3 Å². The van der Waals surface area contributed by atoms with E-state index in [1.54, 1.807) is 0 Å². The zero-order chi connectivity index (χ0) is 23.6. The van der Waals surface area contributed by atoms with Gasteiger partial charge in [0.1, 0.15) is 0 Å². The predicted molar refractivity (Wildman–Crippen MR) is 140 cm³/mol. The molecule has 0 aliphatic carbocycles. The summed E-state index contributed by atoms with van der Waals surface area (Å²) in [5.74, 6) is 2.61. The van der Waals surface area contributed by atoms with Crippen LogP contribution in [0.4, 0.5) is 0 Å². The Morgan fingerprint density at radius 1 is 0.771 bits per heavy atom. The van der Waals surface area contributed by atoms with Crippen LogP contribution < -0.4 is 10.6 Å². The van der Waals surface area contributed by atoms with Crippen LogP contribution in [0, 0.1) is 0 Å². The average Bonchev–Trinajstić information content (AvgIpc) is 3.61. The van der Waals surface area contributed by atoms with Crippen LogP contribution in [0.25, 0.3) is 33.7 Å². The van der Waals surface area contributed by atoms with E-state index in [9.17, 15) is 0 Å². The maximum Gasteiger partial charge on any atom is 0.198 e. The molecule has 0 spiro atoms. The Morgan fingerprint density at radius 2 is 1.43 bits per heavy atom. The second kappa shape index (κ2) is 9.97. The van der Waals surface area contributed by atoms with Crippen LogP contribution in [0.3, 0.4) is 0 Å². The number of nitrogens with zero attached hydrogens (tertiary/aromatic N) is 2. The van der Waals surface area contributed by atoms with E-state index in [1.165, 1.54) is 5.69 Å². The number of aromatic amines is 1. The molecule has 0 radical (unpaired) electrons. The lowest BCUT2D eigenvalue weighted by Crippen LogP contribution is -2.26. The van der Waals surface area contributed by atoms with Gasteiger partial charge in [-0.25, -0.2) is 4.98 Å². The number of aromatic nitrogens is 3. The van der Waals surface area contributed by atoms with E-state index in [2.05, 4.69) is 62.2 Å². The Morgan fingerprint density at radius 3 is 2.17 bits per heavy atom. The molecular weight excluding hydrogens is 458 g/mol. The molecule has 0 unspecified atom stereocenters. The molecule has 4 heterocycles. The fraction of sp³-hybridized carbons (Fsp3) is 0.357. The Balaban J connectivity index is 1.22. The summed E-state index contributed by atoms with van der Waals surface area (Å²) < 4.78 is 6.13. The van der Waals surface area contributed by atoms with Crippen LogP contribution in [0.15, 0.2) is 59.1 Å². The molecule has 180 valence electrons. The molecule has 0 atom stereocenters. The maximum atomic E-state index is 6.62. The van der Waals surface area contributed by atoms with Gasteiger partial charge in [-0.05, 0) is 75.6 Å². The third-order valence-corrected chi connectivity index (χ3v) is 7.66. The largest absolute Gasteiger partial charge is 0.440 e. The van der Waals surface area contributed by atoms with Crippen molar-refractivity contribution < 1.29 is 4.42 Å². The molecule has 2 aromatic carbocycles. The Labute approximate surface area is 210 Å². The third-order valence-electron chi connectivity index (χ3n) is 7.33. The van der Waals surface area contributed by atoms with Crippen LogP contribution >= 0.6 is 11.6 Å². The summed E-state index contributed by atoms with van der Waals surface area (Å²) in [6, 6.07) is 16.7. The van der Waals surface area contributed by atoms with E-state index in [0.717, 1.165) is 96.5 Å². The van der Waals surface area contributed by atoms with E-state index >= 15 is 0 Å². The van der Waals surface area contributed by atoms with Crippen LogP contribution in [0.5, 0.6) is 0 Å². The first-order chi connectivity index (χ1) is 17.2. The number of nitrogens with one attached hydrogen (secondary N) is 3. The number of H-pyrrole nitrogens is 1. The first-order valence-electron chi connectivity index (χ1n) is 12.6. The van der Waals surface area contributed by atoms with Gasteiger partial charge in [0.2, 0.25) is 0 Å². The average molecular weight is 488 g/mol. The number of rotatable bonds is 5. The fourth-order valence-corrected chi connectivity index (χ4v) is 5.45. The number of halogens is 1. The first-order valence-corrected chi connectivity index (χ1v) is 13.0. The van der Waals surface area contributed by atoms with Gasteiger partial charge in [-0.2, -0.15) is 5.10 Å². The lowest BCUT2D eigenvalue weighted by molar-refractivity contribution is 0.378. The highest BCUT2D eigenvalue weighted by Gasteiger charge is 2.21. The van der Waals surface area contributed by atoms with Gasteiger partial charge in [-0.15, -0.1) is 0 Å². The summed E-state index contributed by atoms with van der Waals surface area (Å²) in [5.41, 5.74) is 6.32. The Bertz CT molecular complexity index is 1280. The molecule has 2 fully saturated rings. The van der Waals surface area contributed by atoms with Crippen molar-refractivity contribution in [1.29, 1.82) is 0 Å². The topological polar surface area (TPSA) is 78.8 Å². The quantitative estimate of drug-likeness (QED) is 0.322. The van der Waals surface area contributed by atoms with Crippen molar-refractivity contribution >= 4 is 11.6 Å². The van der Waals surface area contributed by atoms with Crippen LogP contribution in [0.1, 0.15) is 49.1 Å². The summed E-state index contributed by atoms with van der Waals surface area (Å²) in [4.78, 5) is 4.56. The smallest absolute Gasteiger partial charge is 0.198 e. The van der Waals surface area contributed by atoms with Gasteiger partial charge in [-0.3, -0.25) is 5.10 Å². The van der Waals surface area contributed by atoms with Gasteiger partial charge >= 0.3 is 0 Å². The molecule has 2 aliphatic heterocycles. The first kappa shape index (κ1) is 22.5. The van der Waals surface area contributed by atoms with Gasteiger partial charge < -0.3 is 15.1 Å². The van der Waals surface area contributed by atoms with Gasteiger partial charge in [-0.1, -0.05) is 41.9 Å². The molecule has 0 bridgehead atoms. The number of oxazole rings is 1. The molecule has 6 nitrogen and oxygen atoms in total. The van der Waals surface area contributed by atoms with E-state index in [0.29, 0.717) is 11.8 Å². The second-order valence-electron chi connectivity index (χ2n) is 9.59. The second-order valence-corrected chi connectivity index (χ2v) is 10.00. The van der Waals surface area contributed by atoms with E-state index in [-0.39, 0.29) is 0 Å². The van der Waals surface area contributed by atoms with E-state index in [1.807, 2.05) is 18.3 Å². The fourth-order valence-electron chi connectivity index (χ4n) is 5.23. The summed E-state index contributed by atoms with van der Waals surface area (Å²) in [7, 11) is 0. The minimum atomic E-state index is 0.406. The van der Waals surface area contributed by atoms with E-state index < -0.39 is 0 Å². The molecule has 2 saturated heterocycles. The van der Waals surface area contributed by atoms with Crippen molar-refractivity contribution in [1.82, 2.24) is 25.8 Å². The highest BCUT2D eigenvalue weighted by Crippen LogP contribution is 2.35. The number of benzene rings is 2. The van der Waals surface area contributed by atoms with Crippen molar-refractivity contribution in [2.75, 3.05) is 26.2 Å². The van der Waals surface area contributed by atoms with Crippen molar-refractivity contribution in [2.24, 2.45) is 0 Å². The van der Waals surface area contributed by atoms with Crippen LogP contribution in [-0.4, -0.2) is 41.4 Å². The molecule has 4 aromatic rings. The standard InChI is InChI=1S/C28H30ClN5O/c29-24-6-5-22(26-16-25(33-34-26)19-7-11-30-12-8-19)15-23(24)18-1-3-20(4-2-18)27-17-32-28(35-27)21-9-13-31-14-10-21/h1-6,15-17,19,21,30-31H,7-14H2,(H,33,34). The van der Waals surface area contributed by atoms with Gasteiger partial charge in [0.05, 0.1) is 11.9 Å². The lowest BCUT2D eigenvalue weighted by atomic mass is 9.94. The molecular formula is C28H30ClN5O. The molecule has 2 aliphatic rings. The predicted octanol–water partition coefficient (Wildman–Crippen LogP) is 5.99. The monoisotopic (exact) mass is 487 g/mol. The SMILES string of the molecule is Clc1ccc(-c2cc(C3CCNCC3)[nH]n2)cc1-c1ccc(-c2cnc(C3CCNCC3)o2)cc1. The minimum absolute atomic E-state index is 0.406. The molecule has 3 N–H and O–H groups in total. The highest BCUT2D eigenvalue weighted by molar-refractivity contribution is 6.33. The van der Waals surface area contributed by atoms with Crippen molar-refractivity contribution in [3.8, 4) is 33.7 Å².